The van der Waals surface area contributed by atoms with Crippen molar-refractivity contribution in [2.24, 2.45) is 0 Å². The lowest BCUT2D eigenvalue weighted by molar-refractivity contribution is -0.132. The van der Waals surface area contributed by atoms with E-state index < -0.39 is 0 Å². The SMILES string of the molecule is CCN(CCO)C(=O)CCCN1C(=O)/C(=C/c2ccc(C)cc2)SC1=S. The number of benzene rings is 1. The zero-order chi connectivity index (χ0) is 19.1. The molecular formula is C19H24N2O3S2. The van der Waals surface area contributed by atoms with Crippen molar-refractivity contribution in [2.75, 3.05) is 26.2 Å². The van der Waals surface area contributed by atoms with E-state index in [1.54, 1.807) is 9.80 Å². The highest BCUT2D eigenvalue weighted by Crippen LogP contribution is 2.32. The molecule has 1 aromatic rings. The molecule has 0 radical (unpaired) electrons. The van der Waals surface area contributed by atoms with Crippen LogP contribution >= 0.6 is 24.0 Å². The zero-order valence-corrected chi connectivity index (χ0v) is 16.7. The second kappa shape index (κ2) is 9.85. The number of hydrogen-bond acceptors (Lipinski definition) is 5. The van der Waals surface area contributed by atoms with Crippen LogP contribution in [0.4, 0.5) is 0 Å². The first kappa shape index (κ1) is 20.6. The Labute approximate surface area is 164 Å². The molecule has 0 bridgehead atoms. The third kappa shape index (κ3) is 5.40. The Morgan fingerprint density at radius 2 is 2.04 bits per heavy atom. The second-order valence-electron chi connectivity index (χ2n) is 6.04. The molecule has 0 aliphatic carbocycles. The normalized spacial score (nSPS) is 15.8. The minimum absolute atomic E-state index is 0.0119. The predicted octanol–water partition coefficient (Wildman–Crippen LogP) is 2.82. The zero-order valence-electron chi connectivity index (χ0n) is 15.1. The maximum atomic E-state index is 12.6. The standard InChI is InChI=1S/C19H24N2O3S2/c1-3-20(11-12-22)17(23)5-4-10-21-18(24)16(26-19(21)25)13-15-8-6-14(2)7-9-15/h6-9,13,22H,3-5,10-12H2,1-2H3/b16-13-. The fourth-order valence-corrected chi connectivity index (χ4v) is 3.94. The van der Waals surface area contributed by atoms with Crippen molar-refractivity contribution >= 4 is 46.2 Å². The van der Waals surface area contributed by atoms with E-state index in [1.165, 1.54) is 17.3 Å². The molecule has 5 nitrogen and oxygen atoms in total. The number of aliphatic hydroxyl groups excluding tert-OH is 1. The number of hydrogen-bond donors (Lipinski definition) is 1. The first-order chi connectivity index (χ1) is 12.5. The molecular weight excluding hydrogens is 368 g/mol. The van der Waals surface area contributed by atoms with E-state index in [0.29, 0.717) is 41.7 Å². The molecule has 0 spiro atoms. The number of aliphatic hydroxyl groups is 1. The van der Waals surface area contributed by atoms with Crippen LogP contribution in [0.15, 0.2) is 29.2 Å². The fraction of sp³-hybridized carbons (Fsp3) is 0.421. The van der Waals surface area contributed by atoms with Gasteiger partial charge in [-0.2, -0.15) is 0 Å². The van der Waals surface area contributed by atoms with E-state index in [2.05, 4.69) is 0 Å². The van der Waals surface area contributed by atoms with Gasteiger partial charge in [-0.1, -0.05) is 53.8 Å². The fourth-order valence-electron chi connectivity index (χ4n) is 2.63. The molecule has 26 heavy (non-hydrogen) atoms. The van der Waals surface area contributed by atoms with E-state index >= 15 is 0 Å². The van der Waals surface area contributed by atoms with Crippen molar-refractivity contribution in [2.45, 2.75) is 26.7 Å². The smallest absolute Gasteiger partial charge is 0.266 e. The van der Waals surface area contributed by atoms with Crippen LogP contribution in [0.3, 0.4) is 0 Å². The monoisotopic (exact) mass is 392 g/mol. The maximum Gasteiger partial charge on any atom is 0.266 e. The average Bonchev–Trinajstić information content (AvgIpc) is 2.88. The topological polar surface area (TPSA) is 60.9 Å². The largest absolute Gasteiger partial charge is 0.395 e. The molecule has 1 saturated heterocycles. The van der Waals surface area contributed by atoms with Gasteiger partial charge in [0.1, 0.15) is 4.32 Å². The van der Waals surface area contributed by atoms with Crippen LogP contribution in [0.25, 0.3) is 6.08 Å². The molecule has 2 rings (SSSR count). The first-order valence-electron chi connectivity index (χ1n) is 8.67. The summed E-state index contributed by atoms with van der Waals surface area (Å²) >= 11 is 6.62. The van der Waals surface area contributed by atoms with E-state index in [-0.39, 0.29) is 18.4 Å². The molecule has 0 saturated carbocycles. The molecule has 1 aliphatic rings. The van der Waals surface area contributed by atoms with Crippen molar-refractivity contribution in [3.63, 3.8) is 0 Å². The number of carbonyl (C=O) groups is 2. The van der Waals surface area contributed by atoms with Gasteiger partial charge < -0.3 is 10.0 Å². The van der Waals surface area contributed by atoms with Crippen molar-refractivity contribution < 1.29 is 14.7 Å². The highest BCUT2D eigenvalue weighted by molar-refractivity contribution is 8.26. The van der Waals surface area contributed by atoms with Gasteiger partial charge in [0.25, 0.3) is 5.91 Å². The Morgan fingerprint density at radius 1 is 1.35 bits per heavy atom. The van der Waals surface area contributed by atoms with E-state index in [9.17, 15) is 9.59 Å². The van der Waals surface area contributed by atoms with Gasteiger partial charge in [-0.25, -0.2) is 0 Å². The summed E-state index contributed by atoms with van der Waals surface area (Å²) in [6.07, 6.45) is 2.73. The van der Waals surface area contributed by atoms with E-state index in [4.69, 9.17) is 17.3 Å². The quantitative estimate of drug-likeness (QED) is 0.545. The molecule has 1 fully saturated rings. The number of carbonyl (C=O) groups excluding carboxylic acids is 2. The van der Waals surface area contributed by atoms with Gasteiger partial charge in [-0.3, -0.25) is 14.5 Å². The number of nitrogens with zero attached hydrogens (tertiary/aromatic N) is 2. The van der Waals surface area contributed by atoms with Gasteiger partial charge in [0.15, 0.2) is 0 Å². The number of rotatable bonds is 8. The van der Waals surface area contributed by atoms with Crippen LogP contribution in [-0.2, 0) is 9.59 Å². The molecule has 1 N–H and O–H groups in total. The minimum atomic E-state index is -0.101. The lowest BCUT2D eigenvalue weighted by Crippen LogP contribution is -2.34. The van der Waals surface area contributed by atoms with Crippen LogP contribution < -0.4 is 0 Å². The molecule has 0 atom stereocenters. The van der Waals surface area contributed by atoms with E-state index in [0.717, 1.165) is 5.56 Å². The molecule has 1 heterocycles. The lowest BCUT2D eigenvalue weighted by atomic mass is 10.1. The third-order valence-corrected chi connectivity index (χ3v) is 5.50. The van der Waals surface area contributed by atoms with Crippen LogP contribution in [0.5, 0.6) is 0 Å². The summed E-state index contributed by atoms with van der Waals surface area (Å²) in [6, 6.07) is 7.95. The number of amides is 2. The van der Waals surface area contributed by atoms with Crippen molar-refractivity contribution in [3.05, 3.63) is 40.3 Å². The van der Waals surface area contributed by atoms with Crippen LogP contribution in [-0.4, -0.2) is 57.3 Å². The Bertz CT molecular complexity index is 701. The molecule has 7 heteroatoms. The summed E-state index contributed by atoms with van der Waals surface area (Å²) in [5, 5.41) is 8.98. The van der Waals surface area contributed by atoms with Crippen molar-refractivity contribution in [3.8, 4) is 0 Å². The average molecular weight is 393 g/mol. The number of likely N-dealkylation sites (N-methyl/N-ethyl adjacent to an activating group) is 1. The number of aryl methyl sites for hydroxylation is 1. The number of thiocarbonyl (C=S) groups is 1. The van der Waals surface area contributed by atoms with Gasteiger partial charge in [0.2, 0.25) is 5.91 Å². The Kier molecular flexibility index (Phi) is 7.81. The third-order valence-electron chi connectivity index (χ3n) is 4.13. The minimum Gasteiger partial charge on any atom is -0.395 e. The summed E-state index contributed by atoms with van der Waals surface area (Å²) < 4.78 is 0.531. The van der Waals surface area contributed by atoms with Crippen molar-refractivity contribution in [1.82, 2.24) is 9.80 Å². The van der Waals surface area contributed by atoms with Crippen LogP contribution in [0.1, 0.15) is 30.9 Å². The van der Waals surface area contributed by atoms with Crippen LogP contribution in [0.2, 0.25) is 0 Å². The maximum absolute atomic E-state index is 12.6. The Hall–Kier alpha value is -1.70. The Balaban J connectivity index is 1.92. The van der Waals surface area contributed by atoms with E-state index in [1.807, 2.05) is 44.2 Å². The molecule has 1 aromatic carbocycles. The van der Waals surface area contributed by atoms with Crippen LogP contribution in [0, 0.1) is 6.92 Å². The molecule has 1 aliphatic heterocycles. The molecule has 0 unspecified atom stereocenters. The van der Waals surface area contributed by atoms with Gasteiger partial charge >= 0.3 is 0 Å². The van der Waals surface area contributed by atoms with Gasteiger partial charge in [0.05, 0.1) is 11.5 Å². The molecule has 0 aromatic heterocycles. The van der Waals surface area contributed by atoms with Gasteiger partial charge in [-0.05, 0) is 31.9 Å². The first-order valence-corrected chi connectivity index (χ1v) is 9.89. The van der Waals surface area contributed by atoms with Gasteiger partial charge in [-0.15, -0.1) is 0 Å². The molecule has 140 valence electrons. The highest BCUT2D eigenvalue weighted by atomic mass is 32.2. The van der Waals surface area contributed by atoms with Crippen molar-refractivity contribution in [1.29, 1.82) is 0 Å². The predicted molar refractivity (Wildman–Crippen MR) is 110 cm³/mol. The van der Waals surface area contributed by atoms with Gasteiger partial charge in [0, 0.05) is 26.1 Å². The summed E-state index contributed by atoms with van der Waals surface area (Å²) in [5.41, 5.74) is 2.13. The summed E-state index contributed by atoms with van der Waals surface area (Å²) in [7, 11) is 0. The second-order valence-corrected chi connectivity index (χ2v) is 7.72. The number of thioether (sulfide) groups is 1. The highest BCUT2D eigenvalue weighted by Gasteiger charge is 2.31. The summed E-state index contributed by atoms with van der Waals surface area (Å²) in [5.74, 6) is -0.113. The summed E-state index contributed by atoms with van der Waals surface area (Å²) in [6.45, 7) is 5.20. The summed E-state index contributed by atoms with van der Waals surface area (Å²) in [4.78, 5) is 28.5. The Morgan fingerprint density at radius 3 is 2.65 bits per heavy atom. The molecule has 2 amide bonds. The lowest BCUT2D eigenvalue weighted by Gasteiger charge is -2.20.